The van der Waals surface area contributed by atoms with E-state index in [-0.39, 0.29) is 0 Å². The van der Waals surface area contributed by atoms with Gasteiger partial charge in [-0.3, -0.25) is 0 Å². The highest BCUT2D eigenvalue weighted by Crippen LogP contribution is 2.52. The Bertz CT molecular complexity index is 324. The Kier molecular flexibility index (Phi) is 5.76. The first kappa shape index (κ1) is 18.9. The summed E-state index contributed by atoms with van der Waals surface area (Å²) < 4.78 is 119. The van der Waals surface area contributed by atoms with Crippen molar-refractivity contribution < 1.29 is 49.0 Å². The third kappa shape index (κ3) is 3.70. The van der Waals surface area contributed by atoms with E-state index in [1.165, 1.54) is 0 Å². The lowest BCUT2D eigenvalue weighted by Gasteiger charge is -2.33. The molecule has 0 aromatic heterocycles. The van der Waals surface area contributed by atoms with Gasteiger partial charge in [0.15, 0.2) is 0 Å². The first-order chi connectivity index (χ1) is 8.81. The number of rotatable bonds is 8. The van der Waals surface area contributed by atoms with Crippen LogP contribution < -0.4 is 0 Å². The first-order valence-corrected chi connectivity index (χ1v) is 4.81. The van der Waals surface area contributed by atoms with Crippen molar-refractivity contribution in [3.63, 3.8) is 0 Å². The molecule has 0 spiro atoms. The molecule has 20 heavy (non-hydrogen) atoms. The number of hydrogen-bond acceptors (Lipinski definition) is 2. The number of hydrogen-bond donors (Lipinski definition) is 0. The first-order valence-electron chi connectivity index (χ1n) is 4.81. The van der Waals surface area contributed by atoms with Crippen molar-refractivity contribution in [3.8, 4) is 0 Å². The van der Waals surface area contributed by atoms with Gasteiger partial charge in [-0.15, -0.1) is 0 Å². The maximum atomic E-state index is 12.8. The Hall–Kier alpha value is -1.13. The molecular weight excluding hydrogens is 311 g/mol. The average Bonchev–Trinajstić information content (AvgIpc) is 2.26. The van der Waals surface area contributed by atoms with Crippen LogP contribution in [0.25, 0.3) is 0 Å². The molecule has 0 amide bonds. The Morgan fingerprint density at radius 1 is 0.800 bits per heavy atom. The Labute approximate surface area is 107 Å². The fourth-order valence-corrected chi connectivity index (χ4v) is 0.889. The van der Waals surface area contributed by atoms with Crippen molar-refractivity contribution in [2.75, 3.05) is 19.8 Å². The van der Waals surface area contributed by atoms with Gasteiger partial charge in [-0.05, 0) is 0 Å². The van der Waals surface area contributed by atoms with Gasteiger partial charge in [-0.2, -0.15) is 39.5 Å². The van der Waals surface area contributed by atoms with Gasteiger partial charge in [0.05, 0.1) is 12.9 Å². The summed E-state index contributed by atoms with van der Waals surface area (Å²) in [6.07, 6.45) is -5.97. The fourth-order valence-electron chi connectivity index (χ4n) is 0.889. The van der Waals surface area contributed by atoms with Crippen molar-refractivity contribution in [1.82, 2.24) is 0 Å². The third-order valence-electron chi connectivity index (χ3n) is 1.96. The van der Waals surface area contributed by atoms with Gasteiger partial charge >= 0.3 is 23.9 Å². The van der Waals surface area contributed by atoms with E-state index in [0.717, 1.165) is 6.26 Å². The minimum Gasteiger partial charge on any atom is -0.499 e. The second-order valence-electron chi connectivity index (χ2n) is 3.44. The molecule has 0 saturated heterocycles. The van der Waals surface area contributed by atoms with E-state index in [9.17, 15) is 39.5 Å². The normalized spacial score (nSPS) is 14.2. The molecule has 0 heterocycles. The van der Waals surface area contributed by atoms with E-state index in [1.54, 1.807) is 0 Å². The highest BCUT2D eigenvalue weighted by Gasteiger charge is 2.81. The summed E-state index contributed by atoms with van der Waals surface area (Å²) in [5, 5.41) is 0. The Morgan fingerprint density at radius 3 is 1.70 bits per heavy atom. The van der Waals surface area contributed by atoms with Crippen LogP contribution in [-0.2, 0) is 9.47 Å². The van der Waals surface area contributed by atoms with Crippen LogP contribution in [0.15, 0.2) is 12.8 Å². The molecule has 0 N–H and O–H groups in total. The monoisotopic (exact) mass is 320 g/mol. The van der Waals surface area contributed by atoms with E-state index < -0.39 is 43.8 Å². The largest absolute Gasteiger partial charge is 0.499 e. The lowest BCUT2D eigenvalue weighted by molar-refractivity contribution is -0.399. The number of halogens is 9. The van der Waals surface area contributed by atoms with Crippen molar-refractivity contribution in [3.05, 3.63) is 12.8 Å². The molecule has 0 atom stereocenters. The topological polar surface area (TPSA) is 18.5 Å². The van der Waals surface area contributed by atoms with E-state index in [2.05, 4.69) is 16.1 Å². The second-order valence-corrected chi connectivity index (χ2v) is 3.44. The van der Waals surface area contributed by atoms with Gasteiger partial charge in [0.25, 0.3) is 0 Å². The molecule has 0 rings (SSSR count). The SMILES string of the molecule is C=COCCOCC(F)(F)C(F)(F)C(F)(F)C(F)(F)F. The predicted molar refractivity (Wildman–Crippen MR) is 47.9 cm³/mol. The van der Waals surface area contributed by atoms with Crippen molar-refractivity contribution >= 4 is 0 Å². The van der Waals surface area contributed by atoms with Gasteiger partial charge in [0, 0.05) is 0 Å². The molecule has 0 aromatic rings. The molecule has 0 fully saturated rings. The molecule has 0 unspecified atom stereocenters. The standard InChI is InChI=1S/C9H9F9O2/c1-2-19-3-4-20-5-6(10,11)7(12,13)8(14,15)9(16,17)18/h2H,1,3-5H2. The molecule has 0 saturated carbocycles. The minimum atomic E-state index is -6.90. The van der Waals surface area contributed by atoms with Crippen LogP contribution in [0.4, 0.5) is 39.5 Å². The zero-order chi connectivity index (χ0) is 16.2. The van der Waals surface area contributed by atoms with Gasteiger partial charge < -0.3 is 9.47 Å². The minimum absolute atomic E-state index is 0.416. The summed E-state index contributed by atoms with van der Waals surface area (Å²) in [7, 11) is 0. The molecule has 0 aliphatic rings. The van der Waals surface area contributed by atoms with Gasteiger partial charge in [0.2, 0.25) is 0 Å². The van der Waals surface area contributed by atoms with Crippen LogP contribution >= 0.6 is 0 Å². The maximum absolute atomic E-state index is 12.8. The summed E-state index contributed by atoms with van der Waals surface area (Å²) in [5.41, 5.74) is 0. The van der Waals surface area contributed by atoms with E-state index in [0.29, 0.717) is 0 Å². The Balaban J connectivity index is 4.85. The summed E-state index contributed by atoms with van der Waals surface area (Å²) in [6.45, 7) is -0.434. The highest BCUT2D eigenvalue weighted by atomic mass is 19.4. The van der Waals surface area contributed by atoms with Gasteiger partial charge in [-0.1, -0.05) is 6.58 Å². The zero-order valence-corrected chi connectivity index (χ0v) is 9.62. The Morgan fingerprint density at radius 2 is 1.30 bits per heavy atom. The lowest BCUT2D eigenvalue weighted by atomic mass is 10.0. The zero-order valence-electron chi connectivity index (χ0n) is 9.62. The van der Waals surface area contributed by atoms with Crippen molar-refractivity contribution in [2.45, 2.75) is 23.9 Å². The predicted octanol–water partition coefficient (Wildman–Crippen LogP) is 3.63. The lowest BCUT2D eigenvalue weighted by Crippen LogP contribution is -2.62. The number of alkyl halides is 9. The maximum Gasteiger partial charge on any atom is 0.460 e. The summed E-state index contributed by atoms with van der Waals surface area (Å²) in [6, 6.07) is 0. The molecule has 11 heteroatoms. The smallest absolute Gasteiger partial charge is 0.460 e. The van der Waals surface area contributed by atoms with Crippen LogP contribution in [-0.4, -0.2) is 43.8 Å². The summed E-state index contributed by atoms with van der Waals surface area (Å²) in [4.78, 5) is 0. The molecule has 0 radical (unpaired) electrons. The molecule has 120 valence electrons. The van der Waals surface area contributed by atoms with Crippen LogP contribution in [0.3, 0.4) is 0 Å². The highest BCUT2D eigenvalue weighted by molar-refractivity contribution is 5.00. The fraction of sp³-hybridized carbons (Fsp3) is 0.778. The van der Waals surface area contributed by atoms with Crippen molar-refractivity contribution in [2.24, 2.45) is 0 Å². The molecule has 2 nitrogen and oxygen atoms in total. The van der Waals surface area contributed by atoms with Gasteiger partial charge in [0.1, 0.15) is 13.2 Å². The van der Waals surface area contributed by atoms with Crippen LogP contribution in [0.5, 0.6) is 0 Å². The third-order valence-corrected chi connectivity index (χ3v) is 1.96. The van der Waals surface area contributed by atoms with E-state index in [1.807, 2.05) is 0 Å². The molecule has 0 bridgehead atoms. The molecule has 0 aromatic carbocycles. The number of ether oxygens (including phenoxy) is 2. The second kappa shape index (κ2) is 6.10. The van der Waals surface area contributed by atoms with Crippen LogP contribution in [0, 0.1) is 0 Å². The molecule has 0 aliphatic carbocycles. The summed E-state index contributed by atoms with van der Waals surface area (Å²) in [5.74, 6) is -19.3. The average molecular weight is 320 g/mol. The van der Waals surface area contributed by atoms with Crippen LogP contribution in [0.2, 0.25) is 0 Å². The van der Waals surface area contributed by atoms with Crippen molar-refractivity contribution in [1.29, 1.82) is 0 Å². The van der Waals surface area contributed by atoms with Gasteiger partial charge in [-0.25, -0.2) is 0 Å². The van der Waals surface area contributed by atoms with E-state index in [4.69, 9.17) is 0 Å². The quantitative estimate of drug-likeness (QED) is 0.386. The van der Waals surface area contributed by atoms with E-state index >= 15 is 0 Å². The molecular formula is C9H9F9O2. The molecule has 0 aliphatic heterocycles. The summed E-state index contributed by atoms with van der Waals surface area (Å²) >= 11 is 0. The van der Waals surface area contributed by atoms with Crippen LogP contribution in [0.1, 0.15) is 0 Å².